The van der Waals surface area contributed by atoms with Crippen LogP contribution in [0.15, 0.2) is 11.8 Å². The van der Waals surface area contributed by atoms with Gasteiger partial charge in [-0.15, -0.1) is 0 Å². The van der Waals surface area contributed by atoms with E-state index in [1.165, 1.54) is 0 Å². The maximum absolute atomic E-state index is 12.1. The Bertz CT molecular complexity index is 1130. The van der Waals surface area contributed by atoms with Crippen molar-refractivity contribution in [2.24, 2.45) is 0 Å². The minimum Gasteiger partial charge on any atom is -0.394 e. The number of phosphoric ester groups is 1. The van der Waals surface area contributed by atoms with Crippen LogP contribution in [-0.2, 0) is 45.9 Å². The Balaban J connectivity index is 1.97. The molecule has 1 fully saturated rings. The lowest BCUT2D eigenvalue weighted by molar-refractivity contribution is -0.142. The third-order valence-electron chi connectivity index (χ3n) is 4.49. The van der Waals surface area contributed by atoms with Crippen molar-refractivity contribution in [1.29, 1.82) is 0 Å². The van der Waals surface area contributed by atoms with Crippen LogP contribution in [-0.4, -0.2) is 109 Å². The summed E-state index contributed by atoms with van der Waals surface area (Å²) in [6.45, 7) is -1.70. The predicted octanol–water partition coefficient (Wildman–Crippen LogP) is -3.47. The second kappa shape index (κ2) is 14.2. The van der Waals surface area contributed by atoms with Crippen molar-refractivity contribution in [1.82, 2.24) is 15.5 Å². The van der Waals surface area contributed by atoms with Crippen molar-refractivity contribution in [3.05, 3.63) is 11.8 Å². The SMILES string of the molecule is O=C(COCCO)NCC#CC1=CN([C@H]2CC(O)[C@@H](COP(=O)(O)OP(=O)(O)OP(=O)(O)O)O2)C(O)NC1=O. The molecule has 9 N–H and O–H groups in total. The van der Waals surface area contributed by atoms with E-state index >= 15 is 0 Å². The van der Waals surface area contributed by atoms with Crippen LogP contribution in [0.2, 0.25) is 0 Å². The molecule has 39 heavy (non-hydrogen) atoms. The molecule has 2 aliphatic rings. The van der Waals surface area contributed by atoms with Gasteiger partial charge in [0.1, 0.15) is 24.5 Å². The van der Waals surface area contributed by atoms with Gasteiger partial charge in [-0.1, -0.05) is 11.8 Å². The van der Waals surface area contributed by atoms with Gasteiger partial charge in [0.15, 0.2) is 0 Å². The highest BCUT2D eigenvalue weighted by atomic mass is 31.3. The topological polar surface area (TPSA) is 300 Å². The van der Waals surface area contributed by atoms with Crippen LogP contribution in [0, 0.1) is 11.8 Å². The molecule has 0 aromatic carbocycles. The van der Waals surface area contributed by atoms with Crippen LogP contribution in [0.3, 0.4) is 0 Å². The summed E-state index contributed by atoms with van der Waals surface area (Å²) in [5.74, 6) is 3.69. The average Bonchev–Trinajstić information content (AvgIpc) is 3.14. The molecule has 2 aliphatic heterocycles. The molecule has 23 heteroatoms. The van der Waals surface area contributed by atoms with Crippen LogP contribution in [0.25, 0.3) is 0 Å². The molecule has 2 rings (SSSR count). The maximum atomic E-state index is 12.1. The number of hydrogen-bond donors (Lipinski definition) is 9. The van der Waals surface area contributed by atoms with Gasteiger partial charge in [0.05, 0.1) is 32.5 Å². The second-order valence-electron chi connectivity index (χ2n) is 7.51. The number of hydrogen-bond acceptors (Lipinski definition) is 14. The molecule has 0 bridgehead atoms. The highest BCUT2D eigenvalue weighted by molar-refractivity contribution is 7.66. The van der Waals surface area contributed by atoms with E-state index in [0.717, 1.165) is 11.1 Å². The van der Waals surface area contributed by atoms with E-state index in [2.05, 4.69) is 35.6 Å². The van der Waals surface area contributed by atoms with Crippen molar-refractivity contribution in [2.75, 3.05) is 33.0 Å². The summed E-state index contributed by atoms with van der Waals surface area (Å²) in [7, 11) is -16.8. The Morgan fingerprint density at radius 1 is 1.18 bits per heavy atom. The number of carbonyl (C=O) groups excluding carboxylic acids is 2. The number of nitrogens with one attached hydrogen (secondary N) is 2. The molecule has 222 valence electrons. The molecule has 0 aliphatic carbocycles. The number of nitrogens with zero attached hydrogens (tertiary/aromatic N) is 1. The van der Waals surface area contributed by atoms with Gasteiger partial charge in [-0.3, -0.25) is 14.1 Å². The van der Waals surface area contributed by atoms with E-state index in [-0.39, 0.29) is 38.4 Å². The van der Waals surface area contributed by atoms with Crippen LogP contribution >= 0.6 is 23.5 Å². The fourth-order valence-electron chi connectivity index (χ4n) is 2.96. The van der Waals surface area contributed by atoms with E-state index in [9.17, 15) is 43.3 Å². The van der Waals surface area contributed by atoms with E-state index in [4.69, 9.17) is 24.4 Å². The predicted molar refractivity (Wildman–Crippen MR) is 122 cm³/mol. The number of aliphatic hydroxyl groups is 3. The fraction of sp³-hybridized carbons (Fsp3) is 0.625. The first-order valence-corrected chi connectivity index (χ1v) is 15.1. The number of amides is 2. The van der Waals surface area contributed by atoms with Crippen LogP contribution < -0.4 is 10.6 Å². The molecule has 0 spiro atoms. The molecule has 0 saturated carbocycles. The van der Waals surface area contributed by atoms with Crippen molar-refractivity contribution in [2.45, 2.75) is 31.2 Å². The summed E-state index contributed by atoms with van der Waals surface area (Å²) in [4.78, 5) is 60.5. The van der Waals surface area contributed by atoms with Crippen molar-refractivity contribution in [3.8, 4) is 11.8 Å². The second-order valence-corrected chi connectivity index (χ2v) is 11.9. The number of phosphoric acid groups is 3. The number of aliphatic hydroxyl groups excluding tert-OH is 3. The average molecular weight is 625 g/mol. The summed E-state index contributed by atoms with van der Waals surface area (Å²) in [5.41, 5.74) is -0.166. The summed E-state index contributed by atoms with van der Waals surface area (Å²) in [6.07, 6.45) is -4.69. The fourth-order valence-corrected chi connectivity index (χ4v) is 5.99. The first-order valence-electron chi connectivity index (χ1n) is 10.6. The molecule has 1 saturated heterocycles. The van der Waals surface area contributed by atoms with Crippen LogP contribution in [0.1, 0.15) is 6.42 Å². The standard InChI is InChI=1S/C16H26N3O17P3/c20-4-5-32-9-13(22)17-3-1-2-10-7-19(16(24)18-15(10)23)14-6-11(21)12(34-14)8-33-38(28,29)36-39(30,31)35-37(25,26)27/h7,11-12,14,16,20-21,24H,3-6,8-9H2,(H,17,22)(H,18,23)(H,28,29)(H,30,31)(H2,25,26,27)/t11?,12-,14-,16?/m1/s1. The van der Waals surface area contributed by atoms with Gasteiger partial charge in [0, 0.05) is 12.6 Å². The molecule has 0 radical (unpaired) electrons. The number of rotatable bonds is 13. The van der Waals surface area contributed by atoms with Gasteiger partial charge in [-0.05, 0) is 0 Å². The summed E-state index contributed by atoms with van der Waals surface area (Å²) >= 11 is 0. The van der Waals surface area contributed by atoms with Crippen LogP contribution in [0.5, 0.6) is 0 Å². The monoisotopic (exact) mass is 625 g/mol. The molecule has 6 atom stereocenters. The molecule has 0 aromatic heterocycles. The smallest absolute Gasteiger partial charge is 0.394 e. The quantitative estimate of drug-likeness (QED) is 0.0545. The Kier molecular flexibility index (Phi) is 12.2. The first kappa shape index (κ1) is 33.5. The molecule has 2 amide bonds. The van der Waals surface area contributed by atoms with Gasteiger partial charge >= 0.3 is 23.5 Å². The lowest BCUT2D eigenvalue weighted by Gasteiger charge is -2.35. The third kappa shape index (κ3) is 11.7. The zero-order chi connectivity index (χ0) is 29.4. The molecular formula is C16H26N3O17P3. The zero-order valence-corrected chi connectivity index (χ0v) is 22.3. The van der Waals surface area contributed by atoms with Crippen molar-refractivity contribution >= 4 is 35.3 Å². The number of ether oxygens (including phenoxy) is 2. The Labute approximate surface area is 219 Å². The van der Waals surface area contributed by atoms with E-state index in [0.29, 0.717) is 0 Å². The van der Waals surface area contributed by atoms with Gasteiger partial charge in [-0.2, -0.15) is 8.62 Å². The minimum absolute atomic E-state index is 0.0264. The van der Waals surface area contributed by atoms with Gasteiger partial charge in [0.25, 0.3) is 5.91 Å². The molecule has 0 aromatic rings. The van der Waals surface area contributed by atoms with Crippen molar-refractivity contribution < 1.29 is 80.8 Å². The highest BCUT2D eigenvalue weighted by Crippen LogP contribution is 2.66. The zero-order valence-electron chi connectivity index (χ0n) is 19.6. The summed E-state index contributed by atoms with van der Waals surface area (Å²) in [6, 6.07) is 0. The first-order chi connectivity index (χ1) is 18.0. The van der Waals surface area contributed by atoms with Crippen molar-refractivity contribution in [3.63, 3.8) is 0 Å². The Morgan fingerprint density at radius 3 is 2.51 bits per heavy atom. The normalized spacial score (nSPS) is 26.5. The molecule has 20 nitrogen and oxygen atoms in total. The third-order valence-corrected chi connectivity index (χ3v) is 8.29. The summed E-state index contributed by atoms with van der Waals surface area (Å²) in [5, 5.41) is 33.6. The lowest BCUT2D eigenvalue weighted by atomic mass is 10.1. The number of carbonyl (C=O) groups is 2. The minimum atomic E-state index is -5.74. The van der Waals surface area contributed by atoms with Gasteiger partial charge < -0.3 is 59.9 Å². The van der Waals surface area contributed by atoms with E-state index < -0.39 is 66.7 Å². The lowest BCUT2D eigenvalue weighted by Crippen LogP contribution is -2.53. The van der Waals surface area contributed by atoms with E-state index in [1.807, 2.05) is 0 Å². The Hall–Kier alpha value is -1.75. The molecule has 4 unspecified atom stereocenters. The summed E-state index contributed by atoms with van der Waals surface area (Å²) < 4.78 is 55.8. The van der Waals surface area contributed by atoms with E-state index in [1.54, 1.807) is 0 Å². The highest BCUT2D eigenvalue weighted by Gasteiger charge is 2.44. The maximum Gasteiger partial charge on any atom is 0.490 e. The molecule has 2 heterocycles. The van der Waals surface area contributed by atoms with Gasteiger partial charge in [0.2, 0.25) is 12.3 Å². The largest absolute Gasteiger partial charge is 0.490 e. The molecular weight excluding hydrogens is 599 g/mol. The van der Waals surface area contributed by atoms with Gasteiger partial charge in [-0.25, -0.2) is 13.7 Å². The Morgan fingerprint density at radius 2 is 1.87 bits per heavy atom. The van der Waals surface area contributed by atoms with Crippen LogP contribution in [0.4, 0.5) is 0 Å².